The van der Waals surface area contributed by atoms with Gasteiger partial charge in [-0.1, -0.05) is 11.6 Å². The number of anilines is 1. The molecule has 0 aliphatic rings. The third kappa shape index (κ3) is 6.62. The number of aliphatic hydroxyl groups excluding tert-OH is 1. The summed E-state index contributed by atoms with van der Waals surface area (Å²) in [6.45, 7) is 1.24. The van der Waals surface area contributed by atoms with E-state index in [0.29, 0.717) is 36.0 Å². The molecule has 2 N–H and O–H groups in total. The summed E-state index contributed by atoms with van der Waals surface area (Å²) in [5, 5.41) is 12.9. The lowest BCUT2D eigenvalue weighted by molar-refractivity contribution is -0.116. The van der Waals surface area contributed by atoms with Crippen LogP contribution in [0.15, 0.2) is 18.2 Å². The molecule has 0 aliphatic heterocycles. The van der Waals surface area contributed by atoms with E-state index in [1.54, 1.807) is 18.2 Å². The molecule has 1 aromatic carbocycles. The number of nitrogens with zero attached hydrogens (tertiary/aromatic N) is 1. The van der Waals surface area contributed by atoms with E-state index < -0.39 is 6.10 Å². The van der Waals surface area contributed by atoms with E-state index in [1.807, 2.05) is 11.9 Å². The van der Waals surface area contributed by atoms with Crippen molar-refractivity contribution in [1.29, 1.82) is 0 Å². The summed E-state index contributed by atoms with van der Waals surface area (Å²) in [5.41, 5.74) is 0.544. The van der Waals surface area contributed by atoms with Gasteiger partial charge in [-0.2, -0.15) is 0 Å². The van der Waals surface area contributed by atoms with Crippen LogP contribution >= 0.6 is 11.6 Å². The van der Waals surface area contributed by atoms with Gasteiger partial charge in [0.1, 0.15) is 5.75 Å². The van der Waals surface area contributed by atoms with Gasteiger partial charge in [-0.05, 0) is 25.2 Å². The molecule has 124 valence electrons. The number of ether oxygens (including phenoxy) is 2. The number of carbonyl (C=O) groups is 1. The van der Waals surface area contributed by atoms with Crippen LogP contribution in [0.5, 0.6) is 5.75 Å². The van der Waals surface area contributed by atoms with Crippen LogP contribution in [0.2, 0.25) is 5.02 Å². The summed E-state index contributed by atoms with van der Waals surface area (Å²) in [5.74, 6) is 0.412. The van der Waals surface area contributed by atoms with Gasteiger partial charge in [0.05, 0.1) is 25.5 Å². The zero-order valence-corrected chi connectivity index (χ0v) is 13.9. The minimum Gasteiger partial charge on any atom is -0.495 e. The van der Waals surface area contributed by atoms with Crippen LogP contribution in [0.3, 0.4) is 0 Å². The highest BCUT2D eigenvalue weighted by molar-refractivity contribution is 6.31. The Hall–Kier alpha value is -1.34. The maximum absolute atomic E-state index is 12.0. The van der Waals surface area contributed by atoms with Crippen molar-refractivity contribution in [2.75, 3.05) is 46.3 Å². The van der Waals surface area contributed by atoms with Gasteiger partial charge in [-0.15, -0.1) is 0 Å². The van der Waals surface area contributed by atoms with Crippen molar-refractivity contribution in [3.05, 3.63) is 23.2 Å². The highest BCUT2D eigenvalue weighted by atomic mass is 35.5. The number of likely N-dealkylation sites (N-methyl/N-ethyl adjacent to an activating group) is 1. The standard InChI is InChI=1S/C15H23ClN2O4/c1-18(9-12(19)10-21-2)7-6-15(20)17-13-8-11(16)4-5-14(13)22-3/h4-5,8,12,19H,6-7,9-10H2,1-3H3,(H,17,20)/t12-/m1/s1. The molecule has 1 atom stereocenters. The van der Waals surface area contributed by atoms with Crippen LogP contribution in [0.1, 0.15) is 6.42 Å². The van der Waals surface area contributed by atoms with Crippen molar-refractivity contribution in [3.63, 3.8) is 0 Å². The van der Waals surface area contributed by atoms with Gasteiger partial charge in [0.2, 0.25) is 5.91 Å². The molecule has 1 aromatic rings. The number of halogens is 1. The van der Waals surface area contributed by atoms with E-state index in [0.717, 1.165) is 0 Å². The van der Waals surface area contributed by atoms with Crippen LogP contribution in [-0.2, 0) is 9.53 Å². The second-order valence-corrected chi connectivity index (χ2v) is 5.45. The molecule has 0 saturated heterocycles. The third-order valence-electron chi connectivity index (χ3n) is 3.04. The van der Waals surface area contributed by atoms with Crippen molar-refractivity contribution in [2.24, 2.45) is 0 Å². The molecule has 0 fully saturated rings. The van der Waals surface area contributed by atoms with E-state index in [2.05, 4.69) is 5.32 Å². The predicted molar refractivity (Wildman–Crippen MR) is 86.6 cm³/mol. The number of carbonyl (C=O) groups excluding carboxylic acids is 1. The van der Waals surface area contributed by atoms with Gasteiger partial charge in [-0.3, -0.25) is 4.79 Å². The minimum absolute atomic E-state index is 0.145. The molecule has 0 aromatic heterocycles. The number of amides is 1. The summed E-state index contributed by atoms with van der Waals surface area (Å²) in [6.07, 6.45) is -0.266. The van der Waals surface area contributed by atoms with E-state index >= 15 is 0 Å². The summed E-state index contributed by atoms with van der Waals surface area (Å²) in [7, 11) is 4.91. The molecule has 0 heterocycles. The zero-order chi connectivity index (χ0) is 16.5. The lowest BCUT2D eigenvalue weighted by Gasteiger charge is -2.20. The normalized spacial score (nSPS) is 12.3. The van der Waals surface area contributed by atoms with E-state index in [1.165, 1.54) is 14.2 Å². The maximum Gasteiger partial charge on any atom is 0.225 e. The highest BCUT2D eigenvalue weighted by Gasteiger charge is 2.11. The molecule has 7 heteroatoms. The molecule has 0 bridgehead atoms. The largest absolute Gasteiger partial charge is 0.495 e. The number of methoxy groups -OCH3 is 2. The van der Waals surface area contributed by atoms with Crippen LogP contribution in [0.4, 0.5) is 5.69 Å². The molecule has 1 amide bonds. The average molecular weight is 331 g/mol. The number of rotatable bonds is 9. The molecule has 0 aliphatic carbocycles. The van der Waals surface area contributed by atoms with Gasteiger partial charge >= 0.3 is 0 Å². The summed E-state index contributed by atoms with van der Waals surface area (Å²) in [6, 6.07) is 5.04. The smallest absolute Gasteiger partial charge is 0.225 e. The van der Waals surface area contributed by atoms with E-state index in [-0.39, 0.29) is 12.5 Å². The second-order valence-electron chi connectivity index (χ2n) is 5.01. The summed E-state index contributed by atoms with van der Waals surface area (Å²) >= 11 is 5.92. The van der Waals surface area contributed by atoms with Crippen LogP contribution in [0.25, 0.3) is 0 Å². The first kappa shape index (κ1) is 18.7. The van der Waals surface area contributed by atoms with Gasteiger partial charge in [0.15, 0.2) is 0 Å². The Labute approximate surface area is 136 Å². The predicted octanol–water partition coefficient (Wildman–Crippen LogP) is 1.62. The van der Waals surface area contributed by atoms with Crippen molar-refractivity contribution >= 4 is 23.2 Å². The number of hydrogen-bond donors (Lipinski definition) is 2. The molecular formula is C15H23ClN2O4. The van der Waals surface area contributed by atoms with Crippen molar-refractivity contribution in [1.82, 2.24) is 4.90 Å². The second kappa shape index (κ2) is 9.63. The van der Waals surface area contributed by atoms with Crippen LogP contribution < -0.4 is 10.1 Å². The summed E-state index contributed by atoms with van der Waals surface area (Å²) in [4.78, 5) is 13.9. The van der Waals surface area contributed by atoms with Crippen molar-refractivity contribution < 1.29 is 19.4 Å². The Kier molecular flexibility index (Phi) is 8.19. The number of benzene rings is 1. The average Bonchev–Trinajstić information content (AvgIpc) is 2.45. The number of nitrogens with one attached hydrogen (secondary N) is 1. The van der Waals surface area contributed by atoms with Gasteiger partial charge < -0.3 is 24.8 Å². The quantitative estimate of drug-likeness (QED) is 0.720. The zero-order valence-electron chi connectivity index (χ0n) is 13.1. The lowest BCUT2D eigenvalue weighted by Crippen LogP contribution is -2.33. The Morgan fingerprint density at radius 3 is 2.82 bits per heavy atom. The monoisotopic (exact) mass is 330 g/mol. The number of aliphatic hydroxyl groups is 1. The first-order chi connectivity index (χ1) is 10.5. The SMILES string of the molecule is COC[C@H](O)CN(C)CCC(=O)Nc1cc(Cl)ccc1OC. The molecule has 0 radical (unpaired) electrons. The van der Waals surface area contributed by atoms with Crippen molar-refractivity contribution in [3.8, 4) is 5.75 Å². The number of hydrogen-bond acceptors (Lipinski definition) is 5. The van der Waals surface area contributed by atoms with E-state index in [9.17, 15) is 9.90 Å². The molecular weight excluding hydrogens is 308 g/mol. The highest BCUT2D eigenvalue weighted by Crippen LogP contribution is 2.27. The van der Waals surface area contributed by atoms with Crippen LogP contribution in [0, 0.1) is 0 Å². The van der Waals surface area contributed by atoms with Crippen LogP contribution in [-0.4, -0.2) is 63.0 Å². The first-order valence-electron chi connectivity index (χ1n) is 6.95. The Morgan fingerprint density at radius 2 is 2.18 bits per heavy atom. The van der Waals surface area contributed by atoms with Gasteiger partial charge in [0.25, 0.3) is 0 Å². The topological polar surface area (TPSA) is 71.0 Å². The summed E-state index contributed by atoms with van der Waals surface area (Å²) < 4.78 is 10.0. The van der Waals surface area contributed by atoms with Gasteiger partial charge in [0, 0.05) is 31.6 Å². The molecule has 1 rings (SSSR count). The molecule has 0 spiro atoms. The molecule has 0 unspecified atom stereocenters. The fourth-order valence-electron chi connectivity index (χ4n) is 1.98. The lowest BCUT2D eigenvalue weighted by atomic mass is 10.2. The molecule has 22 heavy (non-hydrogen) atoms. The Balaban J connectivity index is 2.45. The molecule has 6 nitrogen and oxygen atoms in total. The van der Waals surface area contributed by atoms with Crippen molar-refractivity contribution in [2.45, 2.75) is 12.5 Å². The van der Waals surface area contributed by atoms with Gasteiger partial charge in [-0.25, -0.2) is 0 Å². The maximum atomic E-state index is 12.0. The Morgan fingerprint density at radius 1 is 1.45 bits per heavy atom. The third-order valence-corrected chi connectivity index (χ3v) is 3.27. The van der Waals surface area contributed by atoms with E-state index in [4.69, 9.17) is 21.1 Å². The Bertz CT molecular complexity index is 485. The fraction of sp³-hybridized carbons (Fsp3) is 0.533. The fourth-order valence-corrected chi connectivity index (χ4v) is 2.15. The molecule has 0 saturated carbocycles. The minimum atomic E-state index is -0.564. The first-order valence-corrected chi connectivity index (χ1v) is 7.33.